The van der Waals surface area contributed by atoms with Crippen molar-refractivity contribution in [3.8, 4) is 0 Å². The molecule has 2 N–H and O–H groups in total. The Balaban J connectivity index is 4.29. The molecule has 0 aromatic heterocycles. The maximum atomic E-state index is 11.0. The first-order valence-corrected chi connectivity index (χ1v) is 3.82. The summed E-state index contributed by atoms with van der Waals surface area (Å²) in [5.41, 5.74) is 0. The maximum Gasteiger partial charge on any atom is 0.410 e. The van der Waals surface area contributed by atoms with Crippen LogP contribution in [0, 0.1) is 0 Å². The summed E-state index contributed by atoms with van der Waals surface area (Å²) in [5.74, 6) is -2.58. The van der Waals surface area contributed by atoms with Gasteiger partial charge in [-0.15, -0.1) is 0 Å². The lowest BCUT2D eigenvalue weighted by molar-refractivity contribution is -0.141. The third kappa shape index (κ3) is 4.96. The Hall–Kier alpha value is -1.79. The van der Waals surface area contributed by atoms with E-state index in [-0.39, 0.29) is 6.61 Å². The fourth-order valence-corrected chi connectivity index (χ4v) is 0.726. The summed E-state index contributed by atoms with van der Waals surface area (Å²) < 4.78 is 4.47. The molecule has 0 aliphatic carbocycles. The van der Waals surface area contributed by atoms with Gasteiger partial charge in [-0.1, -0.05) is 0 Å². The van der Waals surface area contributed by atoms with Gasteiger partial charge in [0.2, 0.25) is 0 Å². The van der Waals surface area contributed by atoms with E-state index in [4.69, 9.17) is 10.2 Å². The minimum atomic E-state index is -1.29. The molecule has 0 unspecified atom stereocenters. The number of ether oxygens (including phenoxy) is 1. The molecule has 0 aliphatic heterocycles. The van der Waals surface area contributed by atoms with E-state index in [9.17, 15) is 14.4 Å². The van der Waals surface area contributed by atoms with Gasteiger partial charge < -0.3 is 14.9 Å². The number of carbonyl (C=O) groups is 3. The van der Waals surface area contributed by atoms with E-state index in [0.29, 0.717) is 4.90 Å². The molecule has 80 valence electrons. The maximum absolute atomic E-state index is 11.0. The monoisotopic (exact) mass is 205 g/mol. The van der Waals surface area contributed by atoms with Crippen molar-refractivity contribution in [1.82, 2.24) is 4.90 Å². The van der Waals surface area contributed by atoms with Crippen LogP contribution in [0.3, 0.4) is 0 Å². The SMILES string of the molecule is CCOC(=O)N(CC(=O)O)CC(=O)O. The third-order valence-electron chi connectivity index (χ3n) is 1.18. The molecule has 0 spiro atoms. The van der Waals surface area contributed by atoms with Crippen LogP contribution < -0.4 is 0 Å². The van der Waals surface area contributed by atoms with Gasteiger partial charge in [0, 0.05) is 0 Å². The lowest BCUT2D eigenvalue weighted by atomic mass is 10.5. The highest BCUT2D eigenvalue weighted by atomic mass is 16.6. The molecule has 0 heterocycles. The largest absolute Gasteiger partial charge is 0.480 e. The summed E-state index contributed by atoms with van der Waals surface area (Å²) in [6.07, 6.45) is -0.947. The topological polar surface area (TPSA) is 104 Å². The highest BCUT2D eigenvalue weighted by Gasteiger charge is 2.20. The molecule has 0 aliphatic rings. The molecule has 1 amide bonds. The molecule has 0 aromatic rings. The van der Waals surface area contributed by atoms with Crippen molar-refractivity contribution >= 4 is 18.0 Å². The summed E-state index contributed by atoms with van der Waals surface area (Å²) in [5, 5.41) is 16.7. The number of carboxylic acid groups (broad SMARTS) is 2. The standard InChI is InChI=1S/C7H11NO6/c1-2-14-7(13)8(3-5(9)10)4-6(11)12/h2-4H2,1H3,(H,9,10)(H,11,12). The van der Waals surface area contributed by atoms with Crippen LogP contribution in [0.2, 0.25) is 0 Å². The van der Waals surface area contributed by atoms with Gasteiger partial charge in [-0.05, 0) is 6.92 Å². The second-order valence-electron chi connectivity index (χ2n) is 2.34. The average Bonchev–Trinajstić information content (AvgIpc) is 2.01. The van der Waals surface area contributed by atoms with Gasteiger partial charge in [0.25, 0.3) is 0 Å². The lowest BCUT2D eigenvalue weighted by Crippen LogP contribution is -2.39. The smallest absolute Gasteiger partial charge is 0.410 e. The van der Waals surface area contributed by atoms with Crippen LogP contribution in [0.4, 0.5) is 4.79 Å². The van der Waals surface area contributed by atoms with Crippen molar-refractivity contribution in [3.63, 3.8) is 0 Å². The fourth-order valence-electron chi connectivity index (χ4n) is 0.726. The van der Waals surface area contributed by atoms with E-state index < -0.39 is 31.1 Å². The number of aliphatic carboxylic acids is 2. The van der Waals surface area contributed by atoms with Gasteiger partial charge in [0.05, 0.1) is 6.61 Å². The lowest BCUT2D eigenvalue weighted by Gasteiger charge is -2.16. The van der Waals surface area contributed by atoms with Crippen LogP contribution in [0.5, 0.6) is 0 Å². The zero-order valence-corrected chi connectivity index (χ0v) is 7.60. The first kappa shape index (κ1) is 12.2. The molecule has 0 fully saturated rings. The normalized spacial score (nSPS) is 9.21. The van der Waals surface area contributed by atoms with E-state index in [2.05, 4.69) is 4.74 Å². The molecular weight excluding hydrogens is 194 g/mol. The Bertz CT molecular complexity index is 222. The van der Waals surface area contributed by atoms with Gasteiger partial charge in [0.15, 0.2) is 0 Å². The summed E-state index contributed by atoms with van der Waals surface area (Å²) in [4.78, 5) is 32.1. The van der Waals surface area contributed by atoms with Crippen molar-refractivity contribution < 1.29 is 29.3 Å². The van der Waals surface area contributed by atoms with E-state index in [1.54, 1.807) is 0 Å². The Morgan fingerprint density at radius 2 is 1.57 bits per heavy atom. The van der Waals surface area contributed by atoms with E-state index in [1.165, 1.54) is 6.92 Å². The number of nitrogens with zero attached hydrogens (tertiary/aromatic N) is 1. The van der Waals surface area contributed by atoms with Gasteiger partial charge in [-0.25, -0.2) is 4.79 Å². The summed E-state index contributed by atoms with van der Waals surface area (Å²) in [6.45, 7) is 0.225. The molecule has 7 nitrogen and oxygen atoms in total. The quantitative estimate of drug-likeness (QED) is 0.633. The minimum absolute atomic E-state index is 0.0641. The second kappa shape index (κ2) is 5.79. The van der Waals surface area contributed by atoms with Gasteiger partial charge in [-0.3, -0.25) is 14.5 Å². The van der Waals surface area contributed by atoms with Crippen LogP contribution in [-0.2, 0) is 14.3 Å². The molecular formula is C7H11NO6. The van der Waals surface area contributed by atoms with Crippen molar-refractivity contribution in [2.45, 2.75) is 6.92 Å². The molecule has 0 aromatic carbocycles. The molecule has 14 heavy (non-hydrogen) atoms. The molecule has 0 saturated heterocycles. The van der Waals surface area contributed by atoms with E-state index in [0.717, 1.165) is 0 Å². The predicted octanol–water partition coefficient (Wildman–Crippen LogP) is -0.386. The summed E-state index contributed by atoms with van der Waals surface area (Å²) in [7, 11) is 0. The summed E-state index contributed by atoms with van der Waals surface area (Å²) >= 11 is 0. The van der Waals surface area contributed by atoms with Crippen molar-refractivity contribution in [2.24, 2.45) is 0 Å². The number of hydrogen-bond donors (Lipinski definition) is 2. The first-order chi connectivity index (χ1) is 6.47. The third-order valence-corrected chi connectivity index (χ3v) is 1.18. The van der Waals surface area contributed by atoms with Crippen molar-refractivity contribution in [3.05, 3.63) is 0 Å². The van der Waals surface area contributed by atoms with Gasteiger partial charge in [-0.2, -0.15) is 0 Å². The molecule has 0 radical (unpaired) electrons. The van der Waals surface area contributed by atoms with Crippen molar-refractivity contribution in [2.75, 3.05) is 19.7 Å². The average molecular weight is 205 g/mol. The zero-order valence-electron chi connectivity index (χ0n) is 7.60. The molecule has 0 rings (SSSR count). The van der Waals surface area contributed by atoms with E-state index in [1.807, 2.05) is 0 Å². The highest BCUT2D eigenvalue weighted by molar-refractivity contribution is 5.81. The van der Waals surface area contributed by atoms with Crippen LogP contribution >= 0.6 is 0 Å². The molecule has 0 bridgehead atoms. The Morgan fingerprint density at radius 3 is 1.86 bits per heavy atom. The fraction of sp³-hybridized carbons (Fsp3) is 0.571. The zero-order chi connectivity index (χ0) is 11.1. The molecule has 0 atom stereocenters. The second-order valence-corrected chi connectivity index (χ2v) is 2.34. The van der Waals surface area contributed by atoms with Gasteiger partial charge in [0.1, 0.15) is 13.1 Å². The van der Waals surface area contributed by atoms with Crippen LogP contribution in [0.1, 0.15) is 6.92 Å². The Labute approximate surface area is 79.9 Å². The van der Waals surface area contributed by atoms with Gasteiger partial charge >= 0.3 is 18.0 Å². The number of carboxylic acids is 2. The predicted molar refractivity (Wildman–Crippen MR) is 43.9 cm³/mol. The first-order valence-electron chi connectivity index (χ1n) is 3.82. The number of hydrogen-bond acceptors (Lipinski definition) is 4. The number of amides is 1. The van der Waals surface area contributed by atoms with Crippen LogP contribution in [0.15, 0.2) is 0 Å². The highest BCUT2D eigenvalue weighted by Crippen LogP contribution is 1.94. The molecule has 7 heteroatoms. The van der Waals surface area contributed by atoms with Crippen molar-refractivity contribution in [1.29, 1.82) is 0 Å². The van der Waals surface area contributed by atoms with Crippen LogP contribution in [0.25, 0.3) is 0 Å². The number of rotatable bonds is 5. The Morgan fingerprint density at radius 1 is 1.14 bits per heavy atom. The molecule has 0 saturated carbocycles. The Kier molecular flexibility index (Phi) is 5.05. The van der Waals surface area contributed by atoms with Crippen LogP contribution in [-0.4, -0.2) is 52.8 Å². The van der Waals surface area contributed by atoms with E-state index >= 15 is 0 Å². The minimum Gasteiger partial charge on any atom is -0.480 e. The summed E-state index contributed by atoms with van der Waals surface area (Å²) in [6, 6.07) is 0. The number of carbonyl (C=O) groups excluding carboxylic acids is 1.